The van der Waals surface area contributed by atoms with Crippen molar-refractivity contribution in [2.24, 2.45) is 0 Å². The van der Waals surface area contributed by atoms with E-state index in [2.05, 4.69) is 0 Å². The molecule has 6 nitrogen and oxygen atoms in total. The van der Waals surface area contributed by atoms with Crippen molar-refractivity contribution in [3.63, 3.8) is 0 Å². The zero-order chi connectivity index (χ0) is 17.6. The van der Waals surface area contributed by atoms with Gasteiger partial charge >= 0.3 is 12.1 Å². The Morgan fingerprint density at radius 1 is 1.29 bits per heavy atom. The monoisotopic (exact) mass is 342 g/mol. The number of nitrogens with zero attached hydrogens (tertiary/aromatic N) is 1. The molecule has 0 radical (unpaired) electrons. The Bertz CT molecular complexity index is 756. The molecule has 1 aromatic rings. The standard InChI is InChI=1S/C15H13F3N2O4/c1-20(2)5-9-12(19-14(22)15(16,17)18)7-3-10-11(24-6-23-10)4-8(7)13(9)21/h3-5,12H,6H2,1-2H3,(H,19,22)/b9-5-/t12-/m0/s1. The van der Waals surface area contributed by atoms with Gasteiger partial charge in [0.15, 0.2) is 17.3 Å². The zero-order valence-electron chi connectivity index (χ0n) is 12.7. The molecule has 1 N–H and O–H groups in total. The zero-order valence-corrected chi connectivity index (χ0v) is 12.7. The van der Waals surface area contributed by atoms with Crippen molar-refractivity contribution < 1.29 is 32.2 Å². The maximum absolute atomic E-state index is 12.6. The maximum atomic E-state index is 12.6. The number of halogens is 3. The van der Waals surface area contributed by atoms with Gasteiger partial charge in [-0.1, -0.05) is 0 Å². The van der Waals surface area contributed by atoms with Gasteiger partial charge in [0.2, 0.25) is 6.79 Å². The molecule has 128 valence electrons. The molecule has 1 atom stereocenters. The summed E-state index contributed by atoms with van der Waals surface area (Å²) in [6.45, 7) is -0.0353. The average molecular weight is 342 g/mol. The first-order valence-electron chi connectivity index (χ1n) is 6.92. The van der Waals surface area contributed by atoms with Crippen LogP contribution < -0.4 is 14.8 Å². The van der Waals surface area contributed by atoms with Crippen LogP contribution in [0.4, 0.5) is 13.2 Å². The van der Waals surface area contributed by atoms with Crippen molar-refractivity contribution >= 4 is 11.7 Å². The van der Waals surface area contributed by atoms with Crippen LogP contribution >= 0.6 is 0 Å². The fourth-order valence-electron chi connectivity index (χ4n) is 2.63. The molecule has 2 aliphatic rings. The molecule has 1 aliphatic carbocycles. The molecule has 0 saturated carbocycles. The summed E-state index contributed by atoms with van der Waals surface area (Å²) in [6, 6.07) is 1.63. The van der Waals surface area contributed by atoms with Crippen LogP contribution in [0.2, 0.25) is 0 Å². The lowest BCUT2D eigenvalue weighted by molar-refractivity contribution is -0.174. The highest BCUT2D eigenvalue weighted by Crippen LogP contribution is 2.44. The number of alkyl halides is 3. The van der Waals surface area contributed by atoms with Gasteiger partial charge < -0.3 is 19.7 Å². The number of Topliss-reactive ketones (excluding diaryl/α,β-unsaturated/α-hetero) is 1. The minimum atomic E-state index is -5.05. The SMILES string of the molecule is CN(C)/C=C1\C(=O)c2cc3c(cc2[C@@H]1NC(=O)C(F)(F)F)OCO3. The van der Waals surface area contributed by atoms with Gasteiger partial charge in [0, 0.05) is 31.4 Å². The number of benzene rings is 1. The third-order valence-electron chi connectivity index (χ3n) is 3.60. The second kappa shape index (κ2) is 5.43. The first kappa shape index (κ1) is 16.2. The third-order valence-corrected chi connectivity index (χ3v) is 3.60. The molecule has 0 aromatic heterocycles. The normalized spacial score (nSPS) is 20.3. The Morgan fingerprint density at radius 3 is 2.50 bits per heavy atom. The third kappa shape index (κ3) is 2.66. The molecule has 0 bridgehead atoms. The Morgan fingerprint density at radius 2 is 1.92 bits per heavy atom. The van der Waals surface area contributed by atoms with Gasteiger partial charge in [-0.2, -0.15) is 13.2 Å². The topological polar surface area (TPSA) is 67.9 Å². The van der Waals surface area contributed by atoms with E-state index in [0.29, 0.717) is 11.5 Å². The van der Waals surface area contributed by atoms with Crippen LogP contribution in [-0.2, 0) is 4.79 Å². The molecule has 9 heteroatoms. The van der Waals surface area contributed by atoms with Crippen LogP contribution in [0.3, 0.4) is 0 Å². The van der Waals surface area contributed by atoms with Crippen LogP contribution in [0.5, 0.6) is 11.5 Å². The van der Waals surface area contributed by atoms with E-state index >= 15 is 0 Å². The van der Waals surface area contributed by atoms with Crippen molar-refractivity contribution in [2.45, 2.75) is 12.2 Å². The Labute approximate surface area is 134 Å². The van der Waals surface area contributed by atoms with E-state index in [-0.39, 0.29) is 23.5 Å². The minimum Gasteiger partial charge on any atom is -0.454 e. The number of carbonyl (C=O) groups excluding carboxylic acids is 2. The van der Waals surface area contributed by atoms with Gasteiger partial charge in [0.25, 0.3) is 0 Å². The Hall–Kier alpha value is -2.71. The van der Waals surface area contributed by atoms with Crippen molar-refractivity contribution in [1.82, 2.24) is 10.2 Å². The van der Waals surface area contributed by atoms with Crippen molar-refractivity contribution in [2.75, 3.05) is 20.9 Å². The van der Waals surface area contributed by atoms with Gasteiger partial charge in [-0.15, -0.1) is 0 Å². The summed E-state index contributed by atoms with van der Waals surface area (Å²) in [5, 5.41) is 1.88. The van der Waals surface area contributed by atoms with E-state index in [1.807, 2.05) is 5.32 Å². The van der Waals surface area contributed by atoms with Crippen molar-refractivity contribution in [3.05, 3.63) is 35.0 Å². The molecule has 1 amide bonds. The second-order valence-corrected chi connectivity index (χ2v) is 5.57. The first-order valence-corrected chi connectivity index (χ1v) is 6.92. The van der Waals surface area contributed by atoms with Crippen LogP contribution in [0.15, 0.2) is 23.9 Å². The number of hydrogen-bond donors (Lipinski definition) is 1. The summed E-state index contributed by atoms with van der Waals surface area (Å²) < 4.78 is 48.2. The molecule has 0 spiro atoms. The number of ether oxygens (including phenoxy) is 2. The van der Waals surface area contributed by atoms with Crippen LogP contribution in [0.25, 0.3) is 0 Å². The van der Waals surface area contributed by atoms with Crippen molar-refractivity contribution in [1.29, 1.82) is 0 Å². The molecule has 3 rings (SSSR count). The molecule has 24 heavy (non-hydrogen) atoms. The highest BCUT2D eigenvalue weighted by molar-refractivity contribution is 6.15. The number of carbonyl (C=O) groups is 2. The van der Waals surface area contributed by atoms with E-state index in [1.54, 1.807) is 14.1 Å². The molecular formula is C15H13F3N2O4. The molecular weight excluding hydrogens is 329 g/mol. The number of ketones is 1. The maximum Gasteiger partial charge on any atom is 0.471 e. The lowest BCUT2D eigenvalue weighted by Crippen LogP contribution is -2.39. The van der Waals surface area contributed by atoms with Gasteiger partial charge in [0.05, 0.1) is 6.04 Å². The minimum absolute atomic E-state index is 0.0353. The van der Waals surface area contributed by atoms with E-state index in [9.17, 15) is 22.8 Å². The lowest BCUT2D eigenvalue weighted by atomic mass is 10.1. The largest absolute Gasteiger partial charge is 0.471 e. The number of amides is 1. The lowest BCUT2D eigenvalue weighted by Gasteiger charge is -2.18. The molecule has 1 heterocycles. The predicted molar refractivity (Wildman–Crippen MR) is 75.6 cm³/mol. The molecule has 0 saturated heterocycles. The summed E-state index contributed by atoms with van der Waals surface area (Å²) in [5.74, 6) is -1.92. The summed E-state index contributed by atoms with van der Waals surface area (Å²) in [6.07, 6.45) is -3.66. The molecule has 1 aliphatic heterocycles. The molecule has 1 aromatic carbocycles. The summed E-state index contributed by atoms with van der Waals surface area (Å²) in [5.41, 5.74) is 0.464. The van der Waals surface area contributed by atoms with Gasteiger partial charge in [-0.05, 0) is 17.7 Å². The summed E-state index contributed by atoms with van der Waals surface area (Å²) >= 11 is 0. The van der Waals surface area contributed by atoms with Gasteiger partial charge in [-0.3, -0.25) is 9.59 Å². The van der Waals surface area contributed by atoms with Crippen LogP contribution in [0, 0.1) is 0 Å². The fourth-order valence-corrected chi connectivity index (χ4v) is 2.63. The highest BCUT2D eigenvalue weighted by Gasteiger charge is 2.44. The summed E-state index contributed by atoms with van der Waals surface area (Å²) in [7, 11) is 3.25. The molecule has 0 unspecified atom stereocenters. The predicted octanol–water partition coefficient (Wildman–Crippen LogP) is 1.78. The highest BCUT2D eigenvalue weighted by atomic mass is 19.4. The average Bonchev–Trinajstić information content (AvgIpc) is 3.02. The Kier molecular flexibility index (Phi) is 3.66. The number of hydrogen-bond acceptors (Lipinski definition) is 5. The number of nitrogens with one attached hydrogen (secondary N) is 1. The smallest absolute Gasteiger partial charge is 0.454 e. The van der Waals surface area contributed by atoms with E-state index in [4.69, 9.17) is 9.47 Å². The van der Waals surface area contributed by atoms with Gasteiger partial charge in [-0.25, -0.2) is 0 Å². The Balaban J connectivity index is 2.07. The first-order chi connectivity index (χ1) is 11.2. The second-order valence-electron chi connectivity index (χ2n) is 5.57. The quantitative estimate of drug-likeness (QED) is 0.830. The number of fused-ring (bicyclic) bond motifs is 2. The van der Waals surface area contributed by atoms with E-state index in [1.165, 1.54) is 23.2 Å². The fraction of sp³-hybridized carbons (Fsp3) is 0.333. The summed E-state index contributed by atoms with van der Waals surface area (Å²) in [4.78, 5) is 25.4. The van der Waals surface area contributed by atoms with E-state index < -0.39 is 23.9 Å². The van der Waals surface area contributed by atoms with Crippen LogP contribution in [-0.4, -0.2) is 43.7 Å². The van der Waals surface area contributed by atoms with Gasteiger partial charge in [0.1, 0.15) is 0 Å². The van der Waals surface area contributed by atoms with Crippen molar-refractivity contribution in [3.8, 4) is 11.5 Å². The van der Waals surface area contributed by atoms with Crippen LogP contribution in [0.1, 0.15) is 22.0 Å². The number of rotatable bonds is 2. The van der Waals surface area contributed by atoms with E-state index in [0.717, 1.165) is 0 Å². The molecule has 0 fully saturated rings.